The average molecular weight is 452 g/mol. The van der Waals surface area contributed by atoms with Gasteiger partial charge >= 0.3 is 11.9 Å². The molecule has 32 heavy (non-hydrogen) atoms. The molecule has 1 heterocycles. The minimum Gasteiger partial charge on any atom is -0.462 e. The van der Waals surface area contributed by atoms with Crippen LogP contribution in [0, 0.1) is 35.0 Å². The number of carbonyl (C=O) groups is 3. The van der Waals surface area contributed by atoms with Crippen molar-refractivity contribution in [2.45, 2.75) is 104 Å². The fraction of sp³-hybridized carbons (Fsp3) is 0.880. The van der Waals surface area contributed by atoms with Crippen LogP contribution in [-0.4, -0.2) is 41.3 Å². The van der Waals surface area contributed by atoms with Crippen LogP contribution >= 0.6 is 0 Å². The number of ether oxygens (including phenoxy) is 2. The summed E-state index contributed by atoms with van der Waals surface area (Å²) in [5.74, 6) is 0.113. The summed E-state index contributed by atoms with van der Waals surface area (Å²) in [6.45, 7) is 8.01. The summed E-state index contributed by atoms with van der Waals surface area (Å²) < 4.78 is 11.6. The van der Waals surface area contributed by atoms with Crippen molar-refractivity contribution in [3.05, 3.63) is 0 Å². The molecule has 0 spiro atoms. The van der Waals surface area contributed by atoms with E-state index in [0.717, 1.165) is 25.7 Å². The molecule has 7 heteroatoms. The molecule has 3 N–H and O–H groups in total. The minimum atomic E-state index is -0.631. The summed E-state index contributed by atoms with van der Waals surface area (Å²) in [4.78, 5) is 36.8. The van der Waals surface area contributed by atoms with E-state index < -0.39 is 11.5 Å². The lowest BCUT2D eigenvalue weighted by Crippen LogP contribution is -2.50. The van der Waals surface area contributed by atoms with Crippen LogP contribution in [0.5, 0.6) is 0 Å². The zero-order valence-corrected chi connectivity index (χ0v) is 20.0. The molecule has 3 rings (SSSR count). The molecule has 0 bridgehead atoms. The summed E-state index contributed by atoms with van der Waals surface area (Å²) in [7, 11) is 0. The lowest BCUT2D eigenvalue weighted by Gasteiger charge is -2.50. The zero-order valence-electron chi connectivity index (χ0n) is 20.0. The number of rotatable bonds is 7. The highest BCUT2D eigenvalue weighted by Gasteiger charge is 2.49. The van der Waals surface area contributed by atoms with Crippen LogP contribution in [0.2, 0.25) is 0 Å². The monoisotopic (exact) mass is 451 g/mol. The topological polar surface area (TPSA) is 116 Å². The van der Waals surface area contributed by atoms with Crippen molar-refractivity contribution in [2.24, 2.45) is 40.7 Å². The van der Waals surface area contributed by atoms with Gasteiger partial charge in [-0.1, -0.05) is 20.3 Å². The predicted octanol–water partition coefficient (Wildman–Crippen LogP) is 3.35. The first-order valence-corrected chi connectivity index (χ1v) is 12.4. The number of primary amides is 1. The van der Waals surface area contributed by atoms with Gasteiger partial charge in [-0.2, -0.15) is 0 Å². The van der Waals surface area contributed by atoms with Crippen molar-refractivity contribution in [2.75, 3.05) is 0 Å². The maximum atomic E-state index is 13.0. The highest BCUT2D eigenvalue weighted by molar-refractivity contribution is 5.78. The number of hydrogen-bond donors (Lipinski definition) is 2. The molecule has 1 unspecified atom stereocenters. The number of aliphatic hydroxyl groups is 1. The normalized spacial score (nSPS) is 37.8. The molecular formula is C25H41NO6. The van der Waals surface area contributed by atoms with Gasteiger partial charge in [-0.3, -0.25) is 14.4 Å². The molecule has 0 radical (unpaired) electrons. The minimum absolute atomic E-state index is 0.0702. The first kappa shape index (κ1) is 25.0. The number of carbonyl (C=O) groups excluding carboxylic acids is 3. The maximum absolute atomic E-state index is 13.0. The van der Waals surface area contributed by atoms with Gasteiger partial charge in [0.1, 0.15) is 12.2 Å². The van der Waals surface area contributed by atoms with E-state index in [1.807, 2.05) is 20.8 Å². The van der Waals surface area contributed by atoms with Gasteiger partial charge in [0.2, 0.25) is 5.91 Å². The van der Waals surface area contributed by atoms with Crippen molar-refractivity contribution in [3.8, 4) is 0 Å². The Morgan fingerprint density at radius 3 is 2.53 bits per heavy atom. The molecule has 0 aromatic rings. The fourth-order valence-electron chi connectivity index (χ4n) is 6.06. The Morgan fingerprint density at radius 1 is 1.19 bits per heavy atom. The van der Waals surface area contributed by atoms with Gasteiger partial charge in [0.15, 0.2) is 0 Å². The highest BCUT2D eigenvalue weighted by atomic mass is 16.6. The molecule has 1 saturated heterocycles. The van der Waals surface area contributed by atoms with Gasteiger partial charge in [0.05, 0.1) is 17.9 Å². The summed E-state index contributed by atoms with van der Waals surface area (Å²) in [6.07, 6.45) is 4.87. The first-order chi connectivity index (χ1) is 15.0. The van der Waals surface area contributed by atoms with Gasteiger partial charge in [-0.25, -0.2) is 0 Å². The van der Waals surface area contributed by atoms with Gasteiger partial charge in [0, 0.05) is 18.3 Å². The van der Waals surface area contributed by atoms with E-state index in [-0.39, 0.29) is 48.3 Å². The second kappa shape index (κ2) is 10.1. The molecule has 8 atom stereocenters. The molecular weight excluding hydrogens is 410 g/mol. The van der Waals surface area contributed by atoms with Gasteiger partial charge in [-0.15, -0.1) is 0 Å². The van der Waals surface area contributed by atoms with Crippen molar-refractivity contribution in [3.63, 3.8) is 0 Å². The number of fused-ring (bicyclic) bond motifs is 1. The molecule has 7 nitrogen and oxygen atoms in total. The summed E-state index contributed by atoms with van der Waals surface area (Å²) in [5, 5.41) is 9.95. The Bertz CT molecular complexity index is 707. The molecule has 1 aliphatic heterocycles. The van der Waals surface area contributed by atoms with Crippen molar-refractivity contribution in [1.82, 2.24) is 0 Å². The molecule has 3 aliphatic rings. The van der Waals surface area contributed by atoms with Crippen LogP contribution in [0.15, 0.2) is 0 Å². The molecule has 2 saturated carbocycles. The third kappa shape index (κ3) is 5.64. The summed E-state index contributed by atoms with van der Waals surface area (Å²) in [6, 6.07) is 0. The Labute approximate surface area is 191 Å². The fourth-order valence-corrected chi connectivity index (χ4v) is 6.06. The third-order valence-corrected chi connectivity index (χ3v) is 8.45. The van der Waals surface area contributed by atoms with E-state index in [1.165, 1.54) is 0 Å². The van der Waals surface area contributed by atoms with Gasteiger partial charge in [-0.05, 0) is 70.1 Å². The summed E-state index contributed by atoms with van der Waals surface area (Å²) >= 11 is 0. The quantitative estimate of drug-likeness (QED) is 0.574. The average Bonchev–Trinajstić information content (AvgIpc) is 2.72. The number of esters is 2. The molecule has 0 aromatic carbocycles. The van der Waals surface area contributed by atoms with Crippen LogP contribution in [0.4, 0.5) is 0 Å². The molecule has 3 fully saturated rings. The van der Waals surface area contributed by atoms with Crippen LogP contribution in [0.3, 0.4) is 0 Å². The van der Waals surface area contributed by atoms with E-state index in [2.05, 4.69) is 6.92 Å². The molecule has 1 amide bonds. The SMILES string of the molecule is CCC(C)(C)C(=O)O[C@H]1C[C@@H](C(N)=O)C[C@@H]2CC[C@H](C)C(CC[C@@H]3C[C@@H](O)CC(=O)O3)[C@H]21. The number of cyclic esters (lactones) is 1. The van der Waals surface area contributed by atoms with Crippen LogP contribution in [0.25, 0.3) is 0 Å². The van der Waals surface area contributed by atoms with E-state index in [4.69, 9.17) is 15.2 Å². The van der Waals surface area contributed by atoms with Crippen molar-refractivity contribution in [1.29, 1.82) is 0 Å². The van der Waals surface area contributed by atoms with Crippen molar-refractivity contribution >= 4 is 17.8 Å². The molecule has 0 aromatic heterocycles. The van der Waals surface area contributed by atoms with Crippen molar-refractivity contribution < 1.29 is 29.0 Å². The van der Waals surface area contributed by atoms with Crippen LogP contribution in [-0.2, 0) is 23.9 Å². The standard InChI is InChI=1S/C25H41NO6/c1-5-25(3,4)24(30)32-20-11-16(23(26)29)10-15-7-6-14(2)19(22(15)20)9-8-18-12-17(27)13-21(28)31-18/h14-20,22,27H,5-13H2,1-4H3,(H2,26,29)/t14-,15-,16-,17+,18+,19?,20-,22-/m0/s1. The van der Waals surface area contributed by atoms with Crippen LogP contribution in [0.1, 0.15) is 85.5 Å². The van der Waals surface area contributed by atoms with Gasteiger partial charge < -0.3 is 20.3 Å². The smallest absolute Gasteiger partial charge is 0.311 e. The predicted molar refractivity (Wildman–Crippen MR) is 119 cm³/mol. The lowest BCUT2D eigenvalue weighted by atomic mass is 9.57. The molecule has 182 valence electrons. The number of amides is 1. The largest absolute Gasteiger partial charge is 0.462 e. The van der Waals surface area contributed by atoms with E-state index in [9.17, 15) is 19.5 Å². The van der Waals surface area contributed by atoms with E-state index in [1.54, 1.807) is 0 Å². The Morgan fingerprint density at radius 2 is 1.91 bits per heavy atom. The Kier molecular flexibility index (Phi) is 7.89. The van der Waals surface area contributed by atoms with Gasteiger partial charge in [0.25, 0.3) is 0 Å². The highest BCUT2D eigenvalue weighted by Crippen LogP contribution is 2.51. The number of nitrogens with two attached hydrogens (primary N) is 1. The lowest BCUT2D eigenvalue weighted by molar-refractivity contribution is -0.175. The third-order valence-electron chi connectivity index (χ3n) is 8.45. The van der Waals surface area contributed by atoms with Crippen LogP contribution < -0.4 is 5.73 Å². The maximum Gasteiger partial charge on any atom is 0.311 e. The number of aliphatic hydroxyl groups excluding tert-OH is 1. The second-order valence-corrected chi connectivity index (χ2v) is 11.1. The molecule has 2 aliphatic carbocycles. The van der Waals surface area contributed by atoms with E-state index in [0.29, 0.717) is 43.4 Å². The summed E-state index contributed by atoms with van der Waals surface area (Å²) in [5.41, 5.74) is 5.11. The first-order valence-electron chi connectivity index (χ1n) is 12.4. The zero-order chi connectivity index (χ0) is 23.6. The Balaban J connectivity index is 1.77. The number of hydrogen-bond acceptors (Lipinski definition) is 6. The second-order valence-electron chi connectivity index (χ2n) is 11.1. The Hall–Kier alpha value is -1.63. The van der Waals surface area contributed by atoms with E-state index >= 15 is 0 Å².